The second-order valence-electron chi connectivity index (χ2n) is 8.64. The minimum atomic E-state index is -0.735. The highest BCUT2D eigenvalue weighted by molar-refractivity contribution is 5.95. The van der Waals surface area contributed by atoms with Gasteiger partial charge >= 0.3 is 0 Å². The van der Waals surface area contributed by atoms with Gasteiger partial charge in [0.1, 0.15) is 17.7 Å². The van der Waals surface area contributed by atoms with Crippen LogP contribution in [0.15, 0.2) is 78.9 Å². The first kappa shape index (κ1) is 26.6. The summed E-state index contributed by atoms with van der Waals surface area (Å²) in [6, 6.07) is 21.7. The van der Waals surface area contributed by atoms with Crippen LogP contribution in [-0.2, 0) is 29.1 Å². The molecule has 0 saturated carbocycles. The van der Waals surface area contributed by atoms with Crippen molar-refractivity contribution in [1.29, 1.82) is 5.41 Å². The van der Waals surface area contributed by atoms with E-state index in [0.29, 0.717) is 24.9 Å². The monoisotopic (exact) mass is 489 g/mol. The predicted molar refractivity (Wildman–Crippen MR) is 139 cm³/mol. The number of carbonyl (C=O) groups excluding carboxylic acids is 2. The number of nitrogen functional groups attached to an aromatic ring is 1. The van der Waals surface area contributed by atoms with E-state index in [0.717, 1.165) is 16.7 Å². The van der Waals surface area contributed by atoms with E-state index in [1.165, 1.54) is 12.1 Å². The summed E-state index contributed by atoms with van der Waals surface area (Å²) < 4.78 is 13.2. The average molecular weight is 490 g/mol. The molecule has 3 aromatic carbocycles. The molecule has 36 heavy (non-hydrogen) atoms. The van der Waals surface area contributed by atoms with E-state index in [2.05, 4.69) is 16.0 Å². The molecule has 0 aromatic heterocycles. The predicted octanol–water partition coefficient (Wildman–Crippen LogP) is 3.02. The normalized spacial score (nSPS) is 12.4. The number of hydrogen-bond donors (Lipinski definition) is 5. The molecule has 6 N–H and O–H groups in total. The first-order chi connectivity index (χ1) is 17.3. The van der Waals surface area contributed by atoms with Gasteiger partial charge in [-0.2, -0.15) is 0 Å². The van der Waals surface area contributed by atoms with Crippen molar-refractivity contribution in [3.8, 4) is 0 Å². The zero-order chi connectivity index (χ0) is 25.9. The summed E-state index contributed by atoms with van der Waals surface area (Å²) >= 11 is 0. The van der Waals surface area contributed by atoms with Crippen molar-refractivity contribution in [1.82, 2.24) is 16.0 Å². The van der Waals surface area contributed by atoms with Crippen molar-refractivity contribution in [2.75, 3.05) is 0 Å². The van der Waals surface area contributed by atoms with Crippen LogP contribution in [0.4, 0.5) is 4.39 Å². The SMILES string of the molecule is C[C@H](NC(=O)[C@@H](CCc1ccccc1)NCc1ccc(F)cc1)C(=O)NCc1ccc(C(=N)N)cc1. The van der Waals surface area contributed by atoms with Gasteiger partial charge in [-0.3, -0.25) is 15.0 Å². The van der Waals surface area contributed by atoms with E-state index >= 15 is 0 Å². The Labute approximate surface area is 210 Å². The van der Waals surface area contributed by atoms with Gasteiger partial charge in [-0.15, -0.1) is 0 Å². The lowest BCUT2D eigenvalue weighted by Crippen LogP contribution is -2.51. The fourth-order valence-electron chi connectivity index (χ4n) is 3.65. The molecule has 0 radical (unpaired) electrons. The number of rotatable bonds is 12. The van der Waals surface area contributed by atoms with E-state index in [1.54, 1.807) is 43.3 Å². The summed E-state index contributed by atoms with van der Waals surface area (Å²) in [6.07, 6.45) is 1.22. The number of benzene rings is 3. The van der Waals surface area contributed by atoms with Gasteiger partial charge < -0.3 is 21.7 Å². The van der Waals surface area contributed by atoms with Gasteiger partial charge in [-0.25, -0.2) is 4.39 Å². The topological polar surface area (TPSA) is 120 Å². The van der Waals surface area contributed by atoms with Gasteiger partial charge in [0.05, 0.1) is 6.04 Å². The molecule has 0 aliphatic heterocycles. The Balaban J connectivity index is 1.56. The smallest absolute Gasteiger partial charge is 0.242 e. The van der Waals surface area contributed by atoms with Crippen LogP contribution in [0.25, 0.3) is 0 Å². The van der Waals surface area contributed by atoms with E-state index in [-0.39, 0.29) is 30.0 Å². The molecular weight excluding hydrogens is 457 g/mol. The Morgan fingerprint density at radius 2 is 1.47 bits per heavy atom. The van der Waals surface area contributed by atoms with Gasteiger partial charge in [-0.1, -0.05) is 66.7 Å². The third-order valence-electron chi connectivity index (χ3n) is 5.83. The van der Waals surface area contributed by atoms with Crippen LogP contribution in [0, 0.1) is 11.2 Å². The molecule has 7 nitrogen and oxygen atoms in total. The molecule has 0 unspecified atom stereocenters. The quantitative estimate of drug-likeness (QED) is 0.198. The van der Waals surface area contributed by atoms with Crippen molar-refractivity contribution in [3.05, 3.63) is 107 Å². The first-order valence-electron chi connectivity index (χ1n) is 11.8. The number of halogens is 1. The Morgan fingerprint density at radius 3 is 2.11 bits per heavy atom. The molecule has 188 valence electrons. The standard InChI is InChI=1S/C28H32FN5O2/c1-19(27(35)33-18-21-7-12-23(13-8-21)26(30)31)34-28(36)25(16-11-20-5-3-2-4-6-20)32-17-22-9-14-24(29)15-10-22/h2-10,12-15,19,25,32H,11,16-18H2,1H3,(H3,30,31)(H,33,35)(H,34,36)/t19-,25+/m0/s1. The molecule has 3 aromatic rings. The summed E-state index contributed by atoms with van der Waals surface area (Å²) in [5, 5.41) is 16.3. The number of amides is 2. The highest BCUT2D eigenvalue weighted by Gasteiger charge is 2.22. The third-order valence-corrected chi connectivity index (χ3v) is 5.83. The van der Waals surface area contributed by atoms with Crippen molar-refractivity contribution in [3.63, 3.8) is 0 Å². The molecule has 0 aliphatic carbocycles. The van der Waals surface area contributed by atoms with Crippen molar-refractivity contribution in [2.45, 2.75) is 44.9 Å². The lowest BCUT2D eigenvalue weighted by atomic mass is 10.0. The van der Waals surface area contributed by atoms with Crippen LogP contribution in [-0.4, -0.2) is 29.7 Å². The molecule has 0 aliphatic rings. The minimum Gasteiger partial charge on any atom is -0.384 e. The van der Waals surface area contributed by atoms with Crippen LogP contribution < -0.4 is 21.7 Å². The van der Waals surface area contributed by atoms with Crippen LogP contribution in [0.2, 0.25) is 0 Å². The summed E-state index contributed by atoms with van der Waals surface area (Å²) in [5.41, 5.74) is 8.90. The molecule has 0 bridgehead atoms. The molecule has 3 rings (SSSR count). The fraction of sp³-hybridized carbons (Fsp3) is 0.250. The maximum absolute atomic E-state index is 13.2. The second kappa shape index (κ2) is 13.2. The molecule has 0 heterocycles. The highest BCUT2D eigenvalue weighted by Crippen LogP contribution is 2.08. The van der Waals surface area contributed by atoms with E-state index in [1.807, 2.05) is 30.3 Å². The molecule has 2 atom stereocenters. The van der Waals surface area contributed by atoms with Gasteiger partial charge in [0.25, 0.3) is 0 Å². The number of amidine groups is 1. The molecule has 2 amide bonds. The summed E-state index contributed by atoms with van der Waals surface area (Å²) in [5.74, 6) is -0.913. The van der Waals surface area contributed by atoms with Crippen LogP contribution >= 0.6 is 0 Å². The average Bonchev–Trinajstić information content (AvgIpc) is 2.89. The largest absolute Gasteiger partial charge is 0.384 e. The fourth-order valence-corrected chi connectivity index (χ4v) is 3.65. The first-order valence-corrected chi connectivity index (χ1v) is 11.8. The zero-order valence-corrected chi connectivity index (χ0v) is 20.3. The molecule has 0 fully saturated rings. The number of nitrogens with two attached hydrogens (primary N) is 1. The minimum absolute atomic E-state index is 0.0169. The number of hydrogen-bond acceptors (Lipinski definition) is 4. The lowest BCUT2D eigenvalue weighted by molar-refractivity contribution is -0.129. The highest BCUT2D eigenvalue weighted by atomic mass is 19.1. The van der Waals surface area contributed by atoms with E-state index in [9.17, 15) is 14.0 Å². The third kappa shape index (κ3) is 8.32. The Morgan fingerprint density at radius 1 is 0.861 bits per heavy atom. The van der Waals surface area contributed by atoms with Crippen LogP contribution in [0.1, 0.15) is 35.6 Å². The molecule has 8 heteroatoms. The van der Waals surface area contributed by atoms with Crippen LogP contribution in [0.5, 0.6) is 0 Å². The van der Waals surface area contributed by atoms with Crippen LogP contribution in [0.3, 0.4) is 0 Å². The number of nitrogens with one attached hydrogen (secondary N) is 4. The number of carbonyl (C=O) groups is 2. The maximum Gasteiger partial charge on any atom is 0.242 e. The molecular formula is C28H32FN5O2. The van der Waals surface area contributed by atoms with Gasteiger partial charge in [0, 0.05) is 18.7 Å². The maximum atomic E-state index is 13.2. The summed E-state index contributed by atoms with van der Waals surface area (Å²) in [4.78, 5) is 25.7. The molecule has 0 spiro atoms. The Kier molecular flexibility index (Phi) is 9.71. The Hall–Kier alpha value is -4.04. The second-order valence-corrected chi connectivity index (χ2v) is 8.64. The zero-order valence-electron chi connectivity index (χ0n) is 20.3. The van der Waals surface area contributed by atoms with Crippen molar-refractivity contribution in [2.24, 2.45) is 5.73 Å². The van der Waals surface area contributed by atoms with Crippen molar-refractivity contribution < 1.29 is 14.0 Å². The summed E-state index contributed by atoms with van der Waals surface area (Å²) in [7, 11) is 0. The number of aryl methyl sites for hydroxylation is 1. The van der Waals surface area contributed by atoms with E-state index < -0.39 is 12.1 Å². The van der Waals surface area contributed by atoms with Crippen molar-refractivity contribution >= 4 is 17.6 Å². The van der Waals surface area contributed by atoms with Gasteiger partial charge in [0.15, 0.2) is 0 Å². The van der Waals surface area contributed by atoms with Gasteiger partial charge in [-0.05, 0) is 48.6 Å². The lowest BCUT2D eigenvalue weighted by Gasteiger charge is -2.21. The Bertz CT molecular complexity index is 1150. The summed E-state index contributed by atoms with van der Waals surface area (Å²) in [6.45, 7) is 2.32. The van der Waals surface area contributed by atoms with E-state index in [4.69, 9.17) is 11.1 Å². The molecule has 0 saturated heterocycles. The van der Waals surface area contributed by atoms with Gasteiger partial charge in [0.2, 0.25) is 11.8 Å².